The summed E-state index contributed by atoms with van der Waals surface area (Å²) in [6.45, 7) is 6.57. The predicted molar refractivity (Wildman–Crippen MR) is 67.6 cm³/mol. The van der Waals surface area contributed by atoms with E-state index in [2.05, 4.69) is 0 Å². The molecule has 2 aliphatic rings. The van der Waals surface area contributed by atoms with Gasteiger partial charge in [0.05, 0.1) is 6.04 Å². The molecule has 1 unspecified atom stereocenters. The average Bonchev–Trinajstić information content (AvgIpc) is 3.02. The second kappa shape index (κ2) is 4.31. The van der Waals surface area contributed by atoms with E-state index in [1.165, 1.54) is 12.8 Å². The van der Waals surface area contributed by atoms with Crippen LogP contribution in [0.25, 0.3) is 0 Å². The van der Waals surface area contributed by atoms with E-state index < -0.39 is 0 Å². The smallest absolute Gasteiger partial charge is 0.268 e. The van der Waals surface area contributed by atoms with E-state index in [1.807, 2.05) is 26.8 Å². The standard InChI is InChI=1S/C14H20N2O2/c1-14(2,3)12-11(17)10(8-15)13(18)16(12)7-6-9-4-5-9/h9,12,17H,4-7H2,1-3H3. The van der Waals surface area contributed by atoms with E-state index in [-0.39, 0.29) is 28.7 Å². The van der Waals surface area contributed by atoms with Gasteiger partial charge in [0, 0.05) is 6.54 Å². The SMILES string of the molecule is CC(C)(C)C1C(O)=C(C#N)C(=O)N1CCC1CC1. The van der Waals surface area contributed by atoms with Crippen LogP contribution >= 0.6 is 0 Å². The lowest BCUT2D eigenvalue weighted by molar-refractivity contribution is -0.128. The highest BCUT2D eigenvalue weighted by Crippen LogP contribution is 2.38. The quantitative estimate of drug-likeness (QED) is 0.834. The zero-order chi connectivity index (χ0) is 13.5. The maximum Gasteiger partial charge on any atom is 0.268 e. The van der Waals surface area contributed by atoms with Crippen LogP contribution in [0.3, 0.4) is 0 Å². The summed E-state index contributed by atoms with van der Waals surface area (Å²) in [7, 11) is 0. The van der Waals surface area contributed by atoms with Crippen molar-refractivity contribution < 1.29 is 9.90 Å². The highest BCUT2D eigenvalue weighted by atomic mass is 16.3. The molecular weight excluding hydrogens is 228 g/mol. The molecule has 1 saturated carbocycles. The van der Waals surface area contributed by atoms with Gasteiger partial charge >= 0.3 is 0 Å². The van der Waals surface area contributed by atoms with Crippen molar-refractivity contribution in [2.75, 3.05) is 6.54 Å². The number of hydrogen-bond acceptors (Lipinski definition) is 3. The van der Waals surface area contributed by atoms with Crippen LogP contribution in [0.5, 0.6) is 0 Å². The Morgan fingerprint density at radius 1 is 1.44 bits per heavy atom. The lowest BCUT2D eigenvalue weighted by Gasteiger charge is -2.35. The fourth-order valence-electron chi connectivity index (χ4n) is 2.60. The Balaban J connectivity index is 2.21. The Morgan fingerprint density at radius 3 is 2.50 bits per heavy atom. The third kappa shape index (κ3) is 2.22. The second-order valence-corrected chi connectivity index (χ2v) is 6.37. The van der Waals surface area contributed by atoms with Crippen molar-refractivity contribution >= 4 is 5.91 Å². The van der Waals surface area contributed by atoms with Gasteiger partial charge in [-0.1, -0.05) is 33.6 Å². The minimum absolute atomic E-state index is 0.0502. The summed E-state index contributed by atoms with van der Waals surface area (Å²) in [5.41, 5.74) is -0.340. The largest absolute Gasteiger partial charge is 0.508 e. The number of amides is 1. The normalized spacial score (nSPS) is 24.7. The van der Waals surface area contributed by atoms with Crippen LogP contribution in [0.1, 0.15) is 40.0 Å². The number of hydrogen-bond donors (Lipinski definition) is 1. The van der Waals surface area contributed by atoms with Gasteiger partial charge in [-0.15, -0.1) is 0 Å². The van der Waals surface area contributed by atoms with E-state index >= 15 is 0 Å². The topological polar surface area (TPSA) is 64.3 Å². The summed E-state index contributed by atoms with van der Waals surface area (Å²) in [5.74, 6) is 0.369. The molecular formula is C14H20N2O2. The molecule has 1 N–H and O–H groups in total. The van der Waals surface area contributed by atoms with Crippen LogP contribution in [0.2, 0.25) is 0 Å². The molecule has 0 saturated heterocycles. The molecule has 0 spiro atoms. The number of carbonyl (C=O) groups excluding carboxylic acids is 1. The zero-order valence-electron chi connectivity index (χ0n) is 11.2. The van der Waals surface area contributed by atoms with Crippen LogP contribution in [-0.2, 0) is 4.79 Å². The molecule has 0 bridgehead atoms. The van der Waals surface area contributed by atoms with Crippen molar-refractivity contribution in [2.24, 2.45) is 11.3 Å². The molecule has 1 amide bonds. The molecule has 1 aliphatic carbocycles. The first-order valence-electron chi connectivity index (χ1n) is 6.50. The van der Waals surface area contributed by atoms with Crippen LogP contribution in [0, 0.1) is 22.7 Å². The predicted octanol–water partition coefficient (Wildman–Crippen LogP) is 2.38. The minimum atomic E-state index is -0.363. The number of aliphatic hydroxyl groups excluding tert-OH is 1. The Kier molecular flexibility index (Phi) is 3.10. The number of nitrogens with zero attached hydrogens (tertiary/aromatic N) is 2. The highest BCUT2D eigenvalue weighted by Gasteiger charge is 2.45. The van der Waals surface area contributed by atoms with E-state index in [4.69, 9.17) is 5.26 Å². The molecule has 0 radical (unpaired) electrons. The fourth-order valence-corrected chi connectivity index (χ4v) is 2.60. The average molecular weight is 248 g/mol. The van der Waals surface area contributed by atoms with Crippen LogP contribution in [-0.4, -0.2) is 28.5 Å². The Morgan fingerprint density at radius 2 is 2.06 bits per heavy atom. The summed E-state index contributed by atoms with van der Waals surface area (Å²) in [6.07, 6.45) is 3.46. The molecule has 98 valence electrons. The Bertz CT molecular complexity index is 436. The molecule has 4 nitrogen and oxygen atoms in total. The van der Waals surface area contributed by atoms with Gasteiger partial charge in [0.1, 0.15) is 11.8 Å². The molecule has 18 heavy (non-hydrogen) atoms. The van der Waals surface area contributed by atoms with E-state index in [0.717, 1.165) is 12.3 Å². The number of carbonyl (C=O) groups is 1. The van der Waals surface area contributed by atoms with E-state index in [1.54, 1.807) is 4.90 Å². The Hall–Kier alpha value is -1.50. The summed E-state index contributed by atoms with van der Waals surface area (Å²) in [5, 5.41) is 19.1. The molecule has 1 aliphatic heterocycles. The van der Waals surface area contributed by atoms with Crippen molar-refractivity contribution in [3.8, 4) is 6.07 Å². The maximum absolute atomic E-state index is 12.1. The van der Waals surface area contributed by atoms with Gasteiger partial charge in [-0.05, 0) is 17.8 Å². The van der Waals surface area contributed by atoms with Crippen LogP contribution < -0.4 is 0 Å². The van der Waals surface area contributed by atoms with Crippen molar-refractivity contribution in [3.63, 3.8) is 0 Å². The minimum Gasteiger partial charge on any atom is -0.508 e. The number of aliphatic hydroxyl groups is 1. The summed E-state index contributed by atoms with van der Waals surface area (Å²) >= 11 is 0. The van der Waals surface area contributed by atoms with Gasteiger partial charge < -0.3 is 10.0 Å². The third-order valence-electron chi connectivity index (χ3n) is 3.71. The van der Waals surface area contributed by atoms with Gasteiger partial charge in [0.2, 0.25) is 0 Å². The first-order chi connectivity index (χ1) is 8.36. The molecule has 2 rings (SSSR count). The molecule has 0 aromatic carbocycles. The maximum atomic E-state index is 12.1. The molecule has 4 heteroatoms. The van der Waals surface area contributed by atoms with Gasteiger partial charge in [0.25, 0.3) is 5.91 Å². The highest BCUT2D eigenvalue weighted by molar-refractivity contribution is 6.00. The van der Waals surface area contributed by atoms with Crippen molar-refractivity contribution in [1.29, 1.82) is 5.26 Å². The Labute approximate surface area is 108 Å². The molecule has 0 aromatic rings. The lowest BCUT2D eigenvalue weighted by atomic mass is 9.85. The second-order valence-electron chi connectivity index (χ2n) is 6.37. The summed E-state index contributed by atoms with van der Waals surface area (Å²) in [4.78, 5) is 13.8. The molecule has 1 atom stereocenters. The van der Waals surface area contributed by atoms with Gasteiger partial charge in [-0.3, -0.25) is 4.79 Å². The zero-order valence-corrected chi connectivity index (χ0v) is 11.2. The summed E-state index contributed by atoms with van der Waals surface area (Å²) in [6, 6.07) is 1.47. The van der Waals surface area contributed by atoms with Gasteiger partial charge in [-0.25, -0.2) is 0 Å². The van der Waals surface area contributed by atoms with Crippen LogP contribution in [0.15, 0.2) is 11.3 Å². The van der Waals surface area contributed by atoms with E-state index in [9.17, 15) is 9.90 Å². The van der Waals surface area contributed by atoms with E-state index in [0.29, 0.717) is 6.54 Å². The number of rotatable bonds is 3. The first kappa shape index (κ1) is 12.9. The molecule has 1 heterocycles. The first-order valence-corrected chi connectivity index (χ1v) is 6.50. The van der Waals surface area contributed by atoms with Crippen LogP contribution in [0.4, 0.5) is 0 Å². The summed E-state index contributed by atoms with van der Waals surface area (Å²) < 4.78 is 0. The fraction of sp³-hybridized carbons (Fsp3) is 0.714. The van der Waals surface area contributed by atoms with Gasteiger partial charge in [0.15, 0.2) is 5.57 Å². The van der Waals surface area contributed by atoms with Crippen molar-refractivity contribution in [3.05, 3.63) is 11.3 Å². The van der Waals surface area contributed by atoms with Crippen molar-refractivity contribution in [2.45, 2.75) is 46.1 Å². The third-order valence-corrected chi connectivity index (χ3v) is 3.71. The number of nitriles is 1. The van der Waals surface area contributed by atoms with Crippen molar-refractivity contribution in [1.82, 2.24) is 4.90 Å². The van der Waals surface area contributed by atoms with Gasteiger partial charge in [-0.2, -0.15) is 5.26 Å². The lowest BCUT2D eigenvalue weighted by Crippen LogP contribution is -2.44. The molecule has 0 aromatic heterocycles. The molecule has 1 fully saturated rings. The monoisotopic (exact) mass is 248 g/mol.